The Bertz CT molecular complexity index is 1280. The number of nitrogens with one attached hydrogen (secondary N) is 4. The summed E-state index contributed by atoms with van der Waals surface area (Å²) in [7, 11) is 0. The first-order chi connectivity index (χ1) is 21.2. The van der Waals surface area contributed by atoms with E-state index in [0.29, 0.717) is 10.7 Å². The number of hydrogen-bond donors (Lipinski definition) is 4. The van der Waals surface area contributed by atoms with E-state index in [1.807, 2.05) is 42.6 Å². The number of H-pyrrole nitrogens is 1. The molecule has 3 heterocycles. The zero-order valence-electron chi connectivity index (χ0n) is 25.6. The number of thiocarbonyl (C=S) groups is 1. The fraction of sp³-hybridized carbons (Fsp3) is 0.529. The summed E-state index contributed by atoms with van der Waals surface area (Å²) in [5, 5.41) is 6.50. The van der Waals surface area contributed by atoms with Crippen LogP contribution in [-0.2, 0) is 0 Å². The second-order valence-electron chi connectivity index (χ2n) is 12.0. The van der Waals surface area contributed by atoms with Gasteiger partial charge in [0.05, 0.1) is 0 Å². The second kappa shape index (κ2) is 16.8. The first-order valence-corrected chi connectivity index (χ1v) is 16.8. The molecule has 0 atom stereocenters. The van der Waals surface area contributed by atoms with Crippen LogP contribution in [0.5, 0.6) is 0 Å². The molecule has 3 aromatic rings. The predicted octanol–water partition coefficient (Wildman–Crippen LogP) is 5.69. The number of carbonyl (C=O) groups is 1. The summed E-state index contributed by atoms with van der Waals surface area (Å²) in [6, 6.07) is 16.0. The maximum atomic E-state index is 13.5. The van der Waals surface area contributed by atoms with Crippen molar-refractivity contribution in [1.82, 2.24) is 36.1 Å². The standard InChI is InChI=1S/C34H49N7OS/c42-33(29-16-17-32-30(26-29)31(27-36-32)28-14-4-1-5-15-28)38-41(37-19-7-13-25-40-22-10-3-11-23-40)34(43)35-18-6-12-24-39-20-8-2-9-21-39/h1,4-5,14-17,26-27,36-37H,2-3,6-13,18-25H2,(H,35,43)(H,38,42). The molecule has 2 aliphatic rings. The highest BCUT2D eigenvalue weighted by Gasteiger charge is 2.17. The van der Waals surface area contributed by atoms with E-state index in [1.165, 1.54) is 64.7 Å². The Kier molecular flexibility index (Phi) is 12.3. The summed E-state index contributed by atoms with van der Waals surface area (Å²) < 4.78 is 0. The minimum absolute atomic E-state index is 0.197. The van der Waals surface area contributed by atoms with E-state index in [0.717, 1.165) is 73.9 Å². The van der Waals surface area contributed by atoms with Gasteiger partial charge in [-0.25, -0.2) is 10.9 Å². The van der Waals surface area contributed by atoms with Gasteiger partial charge < -0.3 is 20.1 Å². The lowest BCUT2D eigenvalue weighted by molar-refractivity contribution is 0.0821. The molecule has 2 aliphatic heterocycles. The number of benzene rings is 2. The van der Waals surface area contributed by atoms with E-state index in [1.54, 1.807) is 5.12 Å². The SMILES string of the molecule is O=C(NN(NCCCCN1CCCCC1)C(=S)NCCCCN1CCCCC1)c1ccc2[nH]cc(-c3ccccc3)c2c1. The van der Waals surface area contributed by atoms with Gasteiger partial charge in [-0.1, -0.05) is 43.2 Å². The fourth-order valence-corrected chi connectivity index (χ4v) is 6.41. The van der Waals surface area contributed by atoms with Crippen LogP contribution in [0.4, 0.5) is 0 Å². The number of amides is 1. The number of rotatable bonds is 13. The molecule has 8 nitrogen and oxygen atoms in total. The third kappa shape index (κ3) is 9.50. The van der Waals surface area contributed by atoms with Crippen LogP contribution in [0.15, 0.2) is 54.7 Å². The zero-order chi connectivity index (χ0) is 29.7. The number of unbranched alkanes of at least 4 members (excludes halogenated alkanes) is 2. The Balaban J connectivity index is 1.16. The van der Waals surface area contributed by atoms with Crippen LogP contribution < -0.4 is 16.2 Å². The molecule has 0 unspecified atom stereocenters. The lowest BCUT2D eigenvalue weighted by Gasteiger charge is -2.28. The maximum absolute atomic E-state index is 13.5. The van der Waals surface area contributed by atoms with Gasteiger partial charge >= 0.3 is 0 Å². The van der Waals surface area contributed by atoms with Crippen molar-refractivity contribution in [2.24, 2.45) is 0 Å². The molecule has 0 spiro atoms. The van der Waals surface area contributed by atoms with Gasteiger partial charge in [-0.3, -0.25) is 4.79 Å². The molecule has 0 aliphatic carbocycles. The third-order valence-electron chi connectivity index (χ3n) is 8.69. The van der Waals surface area contributed by atoms with Gasteiger partial charge in [-0.05, 0) is 127 Å². The lowest BCUT2D eigenvalue weighted by Crippen LogP contribution is -2.57. The van der Waals surface area contributed by atoms with Crippen LogP contribution in [0.3, 0.4) is 0 Å². The van der Waals surface area contributed by atoms with Crippen molar-refractivity contribution in [2.45, 2.75) is 64.2 Å². The second-order valence-corrected chi connectivity index (χ2v) is 12.4. The molecule has 9 heteroatoms. The Hall–Kier alpha value is -2.98. The van der Waals surface area contributed by atoms with E-state index in [4.69, 9.17) is 12.2 Å². The molecule has 2 aromatic carbocycles. The molecular weight excluding hydrogens is 554 g/mol. The van der Waals surface area contributed by atoms with E-state index in [2.05, 4.69) is 43.1 Å². The maximum Gasteiger partial charge on any atom is 0.271 e. The molecule has 1 amide bonds. The van der Waals surface area contributed by atoms with Crippen molar-refractivity contribution in [2.75, 3.05) is 52.4 Å². The summed E-state index contributed by atoms with van der Waals surface area (Å²) in [6.45, 7) is 8.71. The summed E-state index contributed by atoms with van der Waals surface area (Å²) in [6.07, 6.45) is 14.3. The highest BCUT2D eigenvalue weighted by Crippen LogP contribution is 2.29. The van der Waals surface area contributed by atoms with Crippen LogP contribution in [0.1, 0.15) is 74.6 Å². The molecule has 0 bridgehead atoms. The van der Waals surface area contributed by atoms with Gasteiger partial charge in [0.15, 0.2) is 0 Å². The van der Waals surface area contributed by atoms with Gasteiger partial charge in [0.2, 0.25) is 5.11 Å². The van der Waals surface area contributed by atoms with E-state index in [9.17, 15) is 4.79 Å². The Labute approximate surface area is 262 Å². The van der Waals surface area contributed by atoms with Crippen LogP contribution in [0.25, 0.3) is 22.0 Å². The Morgan fingerprint density at radius 3 is 2.14 bits per heavy atom. The van der Waals surface area contributed by atoms with Crippen molar-refractivity contribution in [3.05, 3.63) is 60.3 Å². The van der Waals surface area contributed by atoms with Crippen LogP contribution in [0.2, 0.25) is 0 Å². The quantitative estimate of drug-likeness (QED) is 0.114. The molecule has 0 radical (unpaired) electrons. The number of fused-ring (bicyclic) bond motifs is 1. The molecule has 2 fully saturated rings. The topological polar surface area (TPSA) is 78.7 Å². The van der Waals surface area contributed by atoms with Crippen molar-refractivity contribution < 1.29 is 4.79 Å². The Morgan fingerprint density at radius 2 is 1.47 bits per heavy atom. The molecule has 5 rings (SSSR count). The number of carbonyl (C=O) groups excluding carboxylic acids is 1. The highest BCUT2D eigenvalue weighted by atomic mass is 32.1. The van der Waals surface area contributed by atoms with Crippen molar-refractivity contribution in [1.29, 1.82) is 0 Å². The average Bonchev–Trinajstić information content (AvgIpc) is 3.48. The van der Waals surface area contributed by atoms with Crippen LogP contribution >= 0.6 is 12.2 Å². The van der Waals surface area contributed by atoms with Gasteiger partial charge in [-0.15, -0.1) is 0 Å². The van der Waals surface area contributed by atoms with Gasteiger partial charge in [0.25, 0.3) is 5.91 Å². The number of hydrogen-bond acceptors (Lipinski definition) is 5. The summed E-state index contributed by atoms with van der Waals surface area (Å²) in [4.78, 5) is 22.0. The number of likely N-dealkylation sites (tertiary alicyclic amines) is 2. The minimum Gasteiger partial charge on any atom is -0.361 e. The van der Waals surface area contributed by atoms with Crippen molar-refractivity contribution in [3.8, 4) is 11.1 Å². The van der Waals surface area contributed by atoms with E-state index >= 15 is 0 Å². The number of aromatic nitrogens is 1. The smallest absolute Gasteiger partial charge is 0.271 e. The molecule has 232 valence electrons. The average molecular weight is 604 g/mol. The van der Waals surface area contributed by atoms with Crippen LogP contribution in [0, 0.1) is 0 Å². The first kappa shape index (κ1) is 31.4. The zero-order valence-corrected chi connectivity index (χ0v) is 26.4. The number of piperidine rings is 2. The van der Waals surface area contributed by atoms with Gasteiger partial charge in [-0.2, -0.15) is 5.12 Å². The predicted molar refractivity (Wildman–Crippen MR) is 181 cm³/mol. The largest absolute Gasteiger partial charge is 0.361 e. The summed E-state index contributed by atoms with van der Waals surface area (Å²) in [5.74, 6) is -0.197. The molecule has 0 saturated carbocycles. The minimum atomic E-state index is -0.197. The molecule has 1 aromatic heterocycles. The third-order valence-corrected chi connectivity index (χ3v) is 9.02. The van der Waals surface area contributed by atoms with Gasteiger partial charge in [0.1, 0.15) is 0 Å². The highest BCUT2D eigenvalue weighted by molar-refractivity contribution is 7.80. The van der Waals surface area contributed by atoms with E-state index < -0.39 is 0 Å². The van der Waals surface area contributed by atoms with Crippen molar-refractivity contribution >= 4 is 34.1 Å². The summed E-state index contributed by atoms with van der Waals surface area (Å²) >= 11 is 5.76. The summed E-state index contributed by atoms with van der Waals surface area (Å²) in [5.41, 5.74) is 10.2. The molecule has 43 heavy (non-hydrogen) atoms. The number of nitrogens with zero attached hydrogens (tertiary/aromatic N) is 3. The monoisotopic (exact) mass is 603 g/mol. The van der Waals surface area contributed by atoms with E-state index in [-0.39, 0.29) is 5.91 Å². The van der Waals surface area contributed by atoms with Crippen LogP contribution in [-0.4, -0.2) is 83.3 Å². The Morgan fingerprint density at radius 1 is 0.814 bits per heavy atom. The normalized spacial score (nSPS) is 16.3. The number of hydrazine groups is 2. The number of aromatic amines is 1. The lowest BCUT2D eigenvalue weighted by atomic mass is 10.0. The molecule has 4 N–H and O–H groups in total. The fourth-order valence-electron chi connectivity index (χ4n) is 6.20. The molecule has 2 saturated heterocycles. The molecular formula is C34H49N7OS. The first-order valence-electron chi connectivity index (χ1n) is 16.4. The van der Waals surface area contributed by atoms with Crippen molar-refractivity contribution in [3.63, 3.8) is 0 Å². The van der Waals surface area contributed by atoms with Gasteiger partial charge in [0, 0.05) is 41.3 Å².